The van der Waals surface area contributed by atoms with Crippen molar-refractivity contribution in [3.8, 4) is 17.2 Å². The molecule has 1 saturated carbocycles. The van der Waals surface area contributed by atoms with E-state index in [0.717, 1.165) is 53.7 Å². The van der Waals surface area contributed by atoms with Gasteiger partial charge in [0.15, 0.2) is 6.61 Å². The number of quaternary nitrogens is 1. The van der Waals surface area contributed by atoms with Gasteiger partial charge in [0.05, 0.1) is 44.6 Å². The first-order chi connectivity index (χ1) is 25.0. The zero-order valence-electron chi connectivity index (χ0n) is 31.1. The number of halogens is 1. The zero-order valence-corrected chi connectivity index (χ0v) is 32.7. The normalized spacial score (nSPS) is 24.3. The van der Waals surface area contributed by atoms with Gasteiger partial charge in [0.25, 0.3) is 5.91 Å². The summed E-state index contributed by atoms with van der Waals surface area (Å²) in [5.74, 6) is 1.68. The number of fused-ring (bicyclic) bond motifs is 4. The number of rotatable bonds is 15. The number of nitrogens with zero attached hydrogens (tertiary/aromatic N) is 1. The van der Waals surface area contributed by atoms with E-state index in [2.05, 4.69) is 22.8 Å². The number of phenolic OH excluding ortho intramolecular Hbond substituents is 1. The molecule has 5 N–H and O–H groups in total. The number of nitrogens with one attached hydrogen (secondary N) is 2. The maximum atomic E-state index is 12.1. The number of carbonyl (C=O) groups excluding carboxylic acids is 1. The first-order valence-electron chi connectivity index (χ1n) is 19.2. The van der Waals surface area contributed by atoms with Crippen molar-refractivity contribution in [2.75, 3.05) is 57.9 Å². The van der Waals surface area contributed by atoms with Gasteiger partial charge in [0.1, 0.15) is 35.5 Å². The van der Waals surface area contributed by atoms with E-state index in [9.17, 15) is 20.1 Å². The lowest BCUT2D eigenvalue weighted by molar-refractivity contribution is -0.946. The lowest BCUT2D eigenvalue weighted by atomic mass is 9.80. The van der Waals surface area contributed by atoms with Crippen molar-refractivity contribution in [3.05, 3.63) is 83.4 Å². The van der Waals surface area contributed by atoms with Crippen LogP contribution in [0.25, 0.3) is 0 Å². The topological polar surface area (TPSA) is 130 Å². The molecule has 11 heteroatoms. The van der Waals surface area contributed by atoms with Crippen molar-refractivity contribution in [2.24, 2.45) is 11.8 Å². The standard InChI is InChI=1S/C42H55N3O7.BrH/c1-41(2,43-25-37(47)35-23-33(46)24-36-40(35)51-27-39(48)44-36)30-13-15-34(16-14-30)50-22-8-19-45-20-17-29(18-21-45)38(26-45)52-28-42(49,32-11-6-7-12-32)31-9-4-3-5-10-31;/h3-5,9-10,13-16,23-24,29,32,37-38,43,47,49H,6-8,11-12,17-22,25-28H2,1-2H3,(H-,44,46,48);1H/t29?,37-,38-,42+,45?;/m0./s1. The van der Waals surface area contributed by atoms with E-state index >= 15 is 0 Å². The summed E-state index contributed by atoms with van der Waals surface area (Å²) in [6.45, 7) is 9.67. The summed E-state index contributed by atoms with van der Waals surface area (Å²) < 4.78 is 19.6. The van der Waals surface area contributed by atoms with E-state index in [-0.39, 0.29) is 53.8 Å². The molecule has 3 aromatic carbocycles. The number of phenols is 1. The van der Waals surface area contributed by atoms with Crippen LogP contribution in [-0.4, -0.2) is 84.4 Å². The van der Waals surface area contributed by atoms with Crippen molar-refractivity contribution >= 4 is 11.6 Å². The van der Waals surface area contributed by atoms with E-state index in [1.54, 1.807) is 0 Å². The first-order valence-corrected chi connectivity index (χ1v) is 19.2. The van der Waals surface area contributed by atoms with Crippen LogP contribution in [0.2, 0.25) is 0 Å². The van der Waals surface area contributed by atoms with Gasteiger partial charge in [-0.05, 0) is 61.9 Å². The summed E-state index contributed by atoms with van der Waals surface area (Å²) >= 11 is 0. The van der Waals surface area contributed by atoms with Crippen molar-refractivity contribution < 1.29 is 55.8 Å². The third kappa shape index (κ3) is 8.87. The molecular formula is C42H56BrN3O7. The van der Waals surface area contributed by atoms with E-state index in [1.165, 1.54) is 50.9 Å². The summed E-state index contributed by atoms with van der Waals surface area (Å²) in [4.78, 5) is 11.7. The van der Waals surface area contributed by atoms with Crippen LogP contribution in [0, 0.1) is 11.8 Å². The highest BCUT2D eigenvalue weighted by Gasteiger charge is 2.48. The molecule has 0 unspecified atom stereocenters. The number of carbonyl (C=O) groups is 1. The minimum absolute atomic E-state index is 0. The maximum Gasteiger partial charge on any atom is 0.262 e. The maximum absolute atomic E-state index is 12.1. The highest BCUT2D eigenvalue weighted by molar-refractivity contribution is 5.96. The monoisotopic (exact) mass is 793 g/mol. The highest BCUT2D eigenvalue weighted by Crippen LogP contribution is 2.43. The van der Waals surface area contributed by atoms with Gasteiger partial charge in [-0.1, -0.05) is 55.3 Å². The number of amides is 1. The molecule has 0 radical (unpaired) electrons. The van der Waals surface area contributed by atoms with E-state index in [1.807, 2.05) is 56.3 Å². The van der Waals surface area contributed by atoms with E-state index in [0.29, 0.717) is 36.1 Å². The van der Waals surface area contributed by atoms with Crippen LogP contribution in [0.4, 0.5) is 5.69 Å². The molecule has 2 bridgehead atoms. The molecule has 3 aromatic rings. The third-order valence-electron chi connectivity index (χ3n) is 12.3. The second-order valence-electron chi connectivity index (χ2n) is 16.2. The number of hydrogen-bond acceptors (Lipinski definition) is 8. The minimum Gasteiger partial charge on any atom is -1.00 e. The highest BCUT2D eigenvalue weighted by atomic mass is 79.9. The smallest absolute Gasteiger partial charge is 0.262 e. The zero-order chi connectivity index (χ0) is 36.3. The van der Waals surface area contributed by atoms with Crippen molar-refractivity contribution in [3.63, 3.8) is 0 Å². The summed E-state index contributed by atoms with van der Waals surface area (Å²) in [5, 5.41) is 39.4. The fourth-order valence-corrected chi connectivity index (χ4v) is 9.11. The largest absolute Gasteiger partial charge is 1.00 e. The predicted molar refractivity (Wildman–Crippen MR) is 199 cm³/mol. The Hall–Kier alpha value is -3.19. The van der Waals surface area contributed by atoms with Crippen LogP contribution in [0.5, 0.6) is 17.2 Å². The predicted octanol–water partition coefficient (Wildman–Crippen LogP) is 2.76. The number of aliphatic hydroxyl groups excluding tert-OH is 1. The summed E-state index contributed by atoms with van der Waals surface area (Å²) in [6.07, 6.45) is 7.04. The molecule has 4 aliphatic heterocycles. The van der Waals surface area contributed by atoms with E-state index in [4.69, 9.17) is 14.2 Å². The number of aromatic hydroxyl groups is 1. The molecule has 53 heavy (non-hydrogen) atoms. The lowest BCUT2D eigenvalue weighted by Gasteiger charge is -2.53. The molecule has 10 nitrogen and oxygen atoms in total. The van der Waals surface area contributed by atoms with Gasteiger partial charge >= 0.3 is 0 Å². The Morgan fingerprint density at radius 2 is 1.72 bits per heavy atom. The Morgan fingerprint density at radius 1 is 1.00 bits per heavy atom. The lowest BCUT2D eigenvalue weighted by Crippen LogP contribution is -3.00. The fraction of sp³-hybridized carbons (Fsp3) is 0.548. The Labute approximate surface area is 324 Å². The molecule has 8 rings (SSSR count). The molecule has 5 aliphatic rings. The van der Waals surface area contributed by atoms with Gasteiger partial charge in [-0.2, -0.15) is 0 Å². The van der Waals surface area contributed by atoms with Gasteiger partial charge < -0.3 is 61.6 Å². The second kappa shape index (κ2) is 16.7. The summed E-state index contributed by atoms with van der Waals surface area (Å²) in [6, 6.07) is 21.2. The van der Waals surface area contributed by atoms with Crippen molar-refractivity contribution in [1.29, 1.82) is 0 Å². The third-order valence-corrected chi connectivity index (χ3v) is 12.3. The SMILES string of the molecule is CC(C)(NC[C@H](O)c1cc(O)cc2c1OCC(=O)N2)c1ccc(OCCC[N+]23CCC(CC2)[C@@H](OC[C@@](O)(c2ccccc2)C2CCCC2)C3)cc1.[Br-]. The van der Waals surface area contributed by atoms with Crippen LogP contribution >= 0.6 is 0 Å². The van der Waals surface area contributed by atoms with Crippen LogP contribution in [0.3, 0.4) is 0 Å². The number of hydrogen-bond donors (Lipinski definition) is 5. The molecule has 0 aromatic heterocycles. The summed E-state index contributed by atoms with van der Waals surface area (Å²) in [5.41, 5.74) is 1.42. The molecule has 0 spiro atoms. The molecule has 288 valence electrons. The van der Waals surface area contributed by atoms with Crippen LogP contribution in [0.15, 0.2) is 66.7 Å². The second-order valence-corrected chi connectivity index (χ2v) is 16.2. The molecule has 1 aliphatic carbocycles. The fourth-order valence-electron chi connectivity index (χ4n) is 9.11. The van der Waals surface area contributed by atoms with Crippen LogP contribution in [-0.2, 0) is 20.7 Å². The molecule has 3 atom stereocenters. The molecule has 3 saturated heterocycles. The number of aliphatic hydroxyl groups is 2. The average molecular weight is 795 g/mol. The van der Waals surface area contributed by atoms with Gasteiger partial charge in [-0.15, -0.1) is 0 Å². The average Bonchev–Trinajstić information content (AvgIpc) is 3.71. The molecule has 1 amide bonds. The number of piperidine rings is 3. The van der Waals surface area contributed by atoms with Gasteiger partial charge in [0.2, 0.25) is 0 Å². The number of anilines is 1. The Bertz CT molecular complexity index is 1680. The van der Waals surface area contributed by atoms with Crippen LogP contribution in [0.1, 0.15) is 81.6 Å². The first kappa shape index (κ1) is 39.5. The summed E-state index contributed by atoms with van der Waals surface area (Å²) in [7, 11) is 0. The van der Waals surface area contributed by atoms with Crippen molar-refractivity contribution in [2.45, 2.75) is 82.1 Å². The molecule has 4 fully saturated rings. The van der Waals surface area contributed by atoms with Gasteiger partial charge in [-0.3, -0.25) is 4.79 Å². The Balaban J connectivity index is 0.00000481. The minimum atomic E-state index is -0.967. The quantitative estimate of drug-likeness (QED) is 0.118. The van der Waals surface area contributed by atoms with Crippen molar-refractivity contribution in [1.82, 2.24) is 5.32 Å². The van der Waals surface area contributed by atoms with E-state index < -0.39 is 17.2 Å². The van der Waals surface area contributed by atoms with Crippen LogP contribution < -0.4 is 37.1 Å². The molecular weight excluding hydrogens is 738 g/mol. The Morgan fingerprint density at radius 3 is 2.43 bits per heavy atom. The van der Waals surface area contributed by atoms with Gasteiger partial charge in [-0.25, -0.2) is 0 Å². The number of ether oxygens (including phenoxy) is 3. The van der Waals surface area contributed by atoms with Gasteiger partial charge in [0, 0.05) is 48.9 Å². The molecule has 4 heterocycles. The number of benzene rings is 3. The Kier molecular flexibility index (Phi) is 12.4.